The van der Waals surface area contributed by atoms with Crippen molar-refractivity contribution < 1.29 is 9.90 Å². The highest BCUT2D eigenvalue weighted by molar-refractivity contribution is 6.03. The number of dihydropyridines is 1. The lowest BCUT2D eigenvalue weighted by atomic mass is 10.0. The predicted molar refractivity (Wildman–Crippen MR) is 72.5 cm³/mol. The zero-order chi connectivity index (χ0) is 13.8. The summed E-state index contributed by atoms with van der Waals surface area (Å²) in [6.07, 6.45) is 10.4. The molecule has 1 aliphatic carbocycles. The van der Waals surface area contributed by atoms with Gasteiger partial charge in [0.25, 0.3) is 5.91 Å². The van der Waals surface area contributed by atoms with Crippen molar-refractivity contribution in [1.29, 1.82) is 0 Å². The van der Waals surface area contributed by atoms with Crippen LogP contribution in [-0.4, -0.2) is 23.6 Å². The van der Waals surface area contributed by atoms with Crippen LogP contribution >= 0.6 is 0 Å². The van der Waals surface area contributed by atoms with Crippen LogP contribution in [0.15, 0.2) is 64.0 Å². The summed E-state index contributed by atoms with van der Waals surface area (Å²) in [6, 6.07) is 0. The summed E-state index contributed by atoms with van der Waals surface area (Å²) in [5.41, 5.74) is 13.0. The molecule has 0 bridgehead atoms. The van der Waals surface area contributed by atoms with E-state index in [4.69, 9.17) is 11.5 Å². The first-order chi connectivity index (χ1) is 9.11. The van der Waals surface area contributed by atoms with E-state index >= 15 is 0 Å². The Labute approximate surface area is 110 Å². The molecule has 0 aromatic heterocycles. The average molecular weight is 258 g/mol. The van der Waals surface area contributed by atoms with Crippen molar-refractivity contribution in [2.75, 3.05) is 6.61 Å². The molecule has 6 heteroatoms. The van der Waals surface area contributed by atoms with E-state index in [1.165, 1.54) is 6.20 Å². The van der Waals surface area contributed by atoms with Crippen LogP contribution in [0.3, 0.4) is 0 Å². The van der Waals surface area contributed by atoms with Crippen molar-refractivity contribution in [3.63, 3.8) is 0 Å². The summed E-state index contributed by atoms with van der Waals surface area (Å²) in [6.45, 7) is -0.0944. The molecule has 19 heavy (non-hydrogen) atoms. The lowest BCUT2D eigenvalue weighted by molar-refractivity contribution is -0.114. The van der Waals surface area contributed by atoms with Crippen LogP contribution in [-0.2, 0) is 4.79 Å². The predicted octanol–water partition coefficient (Wildman–Crippen LogP) is -0.428. The molecule has 1 aliphatic heterocycles. The van der Waals surface area contributed by atoms with E-state index in [0.29, 0.717) is 5.57 Å². The number of nitrogens with one attached hydrogen (secondary N) is 1. The fourth-order valence-corrected chi connectivity index (χ4v) is 1.78. The van der Waals surface area contributed by atoms with Gasteiger partial charge >= 0.3 is 0 Å². The van der Waals surface area contributed by atoms with E-state index in [-0.39, 0.29) is 12.6 Å². The second kappa shape index (κ2) is 5.36. The number of aliphatic imine (C=N–C) groups is 1. The molecule has 0 saturated carbocycles. The van der Waals surface area contributed by atoms with Gasteiger partial charge in [-0.3, -0.25) is 4.79 Å². The summed E-state index contributed by atoms with van der Waals surface area (Å²) in [5.74, 6) is -0.796. The smallest absolute Gasteiger partial charge is 0.281 e. The highest BCUT2D eigenvalue weighted by Crippen LogP contribution is 2.23. The van der Waals surface area contributed by atoms with Gasteiger partial charge in [-0.1, -0.05) is 24.3 Å². The molecule has 0 radical (unpaired) electrons. The fourth-order valence-electron chi connectivity index (χ4n) is 1.78. The second-order valence-electron chi connectivity index (χ2n) is 3.96. The zero-order valence-corrected chi connectivity index (χ0v) is 10.1. The molecule has 0 spiro atoms. The number of rotatable bonds is 2. The van der Waals surface area contributed by atoms with Gasteiger partial charge in [-0.2, -0.15) is 4.99 Å². The molecule has 1 heterocycles. The van der Waals surface area contributed by atoms with Gasteiger partial charge in [0.15, 0.2) is 5.96 Å². The first kappa shape index (κ1) is 12.8. The topological polar surface area (TPSA) is 114 Å². The number of nitrogens with two attached hydrogens (primary N) is 2. The number of fused-ring (bicyclic) bond motifs is 1. The lowest BCUT2D eigenvalue weighted by Gasteiger charge is -2.17. The maximum absolute atomic E-state index is 11.7. The Morgan fingerprint density at radius 1 is 1.32 bits per heavy atom. The van der Waals surface area contributed by atoms with E-state index < -0.39 is 5.91 Å². The third-order valence-electron chi connectivity index (χ3n) is 2.63. The molecule has 6 N–H and O–H groups in total. The zero-order valence-electron chi connectivity index (χ0n) is 10.1. The number of aliphatic hydroxyl groups is 1. The first-order valence-electron chi connectivity index (χ1n) is 5.63. The number of amides is 1. The van der Waals surface area contributed by atoms with Gasteiger partial charge in [0.2, 0.25) is 0 Å². The monoisotopic (exact) mass is 258 g/mol. The molecule has 98 valence electrons. The van der Waals surface area contributed by atoms with E-state index in [2.05, 4.69) is 10.3 Å². The summed E-state index contributed by atoms with van der Waals surface area (Å²) in [4.78, 5) is 15.2. The maximum Gasteiger partial charge on any atom is 0.281 e. The van der Waals surface area contributed by atoms with Gasteiger partial charge in [0.1, 0.15) is 0 Å². The Bertz CT molecular complexity index is 588. The second-order valence-corrected chi connectivity index (χ2v) is 3.96. The largest absolute Gasteiger partial charge is 0.392 e. The normalized spacial score (nSPS) is 16.9. The Hall–Kier alpha value is -2.60. The summed E-state index contributed by atoms with van der Waals surface area (Å²) >= 11 is 0. The molecule has 2 rings (SSSR count). The molecular formula is C13H14N4O2. The van der Waals surface area contributed by atoms with Crippen LogP contribution in [0, 0.1) is 0 Å². The van der Waals surface area contributed by atoms with Crippen LogP contribution in [0.2, 0.25) is 0 Å². The molecule has 0 unspecified atom stereocenters. The number of nitrogens with zero attached hydrogens (tertiary/aromatic N) is 1. The minimum atomic E-state index is -0.518. The Morgan fingerprint density at radius 2 is 2.05 bits per heavy atom. The van der Waals surface area contributed by atoms with Crippen molar-refractivity contribution in [2.45, 2.75) is 0 Å². The average Bonchev–Trinajstić information content (AvgIpc) is 2.58. The molecule has 0 aromatic carbocycles. The summed E-state index contributed by atoms with van der Waals surface area (Å²) < 4.78 is 0. The molecule has 0 aromatic rings. The van der Waals surface area contributed by atoms with Gasteiger partial charge in [0, 0.05) is 11.8 Å². The SMILES string of the molecule is NC(N)=NC(=O)C1=CNC2=C(CO)C=CC=CC2=C1. The standard InChI is InChI=1S/C13H14N4O2/c14-13(15)17-12(19)10-5-8-3-1-2-4-9(7-18)11(8)16-6-10/h1-6,16,18H,7H2,(H4,14,15,17,19). The van der Waals surface area contributed by atoms with E-state index in [9.17, 15) is 9.90 Å². The molecule has 0 saturated heterocycles. The highest BCUT2D eigenvalue weighted by Gasteiger charge is 2.17. The molecule has 0 atom stereocenters. The highest BCUT2D eigenvalue weighted by atomic mass is 16.3. The number of carbonyl (C=O) groups is 1. The first-order valence-corrected chi connectivity index (χ1v) is 5.63. The fraction of sp³-hybridized carbons (Fsp3) is 0.0769. The summed E-state index contributed by atoms with van der Waals surface area (Å²) in [7, 11) is 0. The molecular weight excluding hydrogens is 244 g/mol. The van der Waals surface area contributed by atoms with Gasteiger partial charge in [-0.15, -0.1) is 0 Å². The van der Waals surface area contributed by atoms with Crippen molar-refractivity contribution >= 4 is 11.9 Å². The Morgan fingerprint density at radius 3 is 2.74 bits per heavy atom. The third kappa shape index (κ3) is 2.80. The minimum absolute atomic E-state index is 0.0944. The van der Waals surface area contributed by atoms with Crippen LogP contribution in [0.1, 0.15) is 0 Å². The number of aliphatic hydroxyl groups excluding tert-OH is 1. The quantitative estimate of drug-likeness (QED) is 0.396. The lowest BCUT2D eigenvalue weighted by Crippen LogP contribution is -2.25. The van der Waals surface area contributed by atoms with Gasteiger partial charge in [0.05, 0.1) is 17.9 Å². The number of allylic oxidation sites excluding steroid dienone is 3. The molecule has 1 amide bonds. The summed E-state index contributed by atoms with van der Waals surface area (Å²) in [5, 5.41) is 12.3. The minimum Gasteiger partial charge on any atom is -0.392 e. The van der Waals surface area contributed by atoms with Crippen LogP contribution in [0.5, 0.6) is 0 Å². The molecule has 6 nitrogen and oxygen atoms in total. The Kier molecular flexibility index (Phi) is 3.63. The van der Waals surface area contributed by atoms with E-state index in [0.717, 1.165) is 16.8 Å². The van der Waals surface area contributed by atoms with Crippen LogP contribution in [0.4, 0.5) is 0 Å². The number of hydrogen-bond acceptors (Lipinski definition) is 3. The van der Waals surface area contributed by atoms with E-state index in [1.54, 1.807) is 12.2 Å². The molecule has 0 fully saturated rings. The van der Waals surface area contributed by atoms with Crippen LogP contribution < -0.4 is 16.8 Å². The van der Waals surface area contributed by atoms with E-state index in [1.807, 2.05) is 18.2 Å². The number of hydrogen-bond donors (Lipinski definition) is 4. The van der Waals surface area contributed by atoms with Crippen molar-refractivity contribution in [2.24, 2.45) is 16.5 Å². The van der Waals surface area contributed by atoms with Crippen molar-refractivity contribution in [3.8, 4) is 0 Å². The maximum atomic E-state index is 11.7. The number of guanidine groups is 1. The van der Waals surface area contributed by atoms with Crippen LogP contribution in [0.25, 0.3) is 0 Å². The Balaban J connectivity index is 2.36. The van der Waals surface area contributed by atoms with Gasteiger partial charge in [-0.25, -0.2) is 0 Å². The van der Waals surface area contributed by atoms with Gasteiger partial charge < -0.3 is 21.9 Å². The van der Waals surface area contributed by atoms with Gasteiger partial charge in [-0.05, 0) is 11.6 Å². The number of carbonyl (C=O) groups excluding carboxylic acids is 1. The third-order valence-corrected chi connectivity index (χ3v) is 2.63. The van der Waals surface area contributed by atoms with Crippen molar-refractivity contribution in [1.82, 2.24) is 5.32 Å². The molecule has 2 aliphatic rings. The van der Waals surface area contributed by atoms with Crippen molar-refractivity contribution in [3.05, 3.63) is 59.0 Å².